The van der Waals surface area contributed by atoms with Crippen LogP contribution < -0.4 is 4.90 Å². The molecule has 1 N–H and O–H groups in total. The Labute approximate surface area is 123 Å². The second kappa shape index (κ2) is 7.01. The second-order valence-electron chi connectivity index (χ2n) is 4.81. The number of carbonyl (C=O) groups is 2. The van der Waals surface area contributed by atoms with Crippen LogP contribution >= 0.6 is 0 Å². The predicted octanol–water partition coefficient (Wildman–Crippen LogP) is 1.58. The third-order valence-corrected chi connectivity index (χ3v) is 3.35. The number of nitrogens with zero attached hydrogens (tertiary/aromatic N) is 2. The molecule has 0 saturated carbocycles. The molecule has 1 saturated heterocycles. The quantitative estimate of drug-likeness (QED) is 0.888. The predicted molar refractivity (Wildman–Crippen MR) is 75.5 cm³/mol. The first-order valence-corrected chi connectivity index (χ1v) is 7.07. The van der Waals surface area contributed by atoms with Gasteiger partial charge in [0, 0.05) is 38.7 Å². The van der Waals surface area contributed by atoms with E-state index in [4.69, 9.17) is 14.3 Å². The van der Waals surface area contributed by atoms with E-state index in [1.807, 2.05) is 11.0 Å². The number of carboxylic acid groups (broad SMARTS) is 1. The van der Waals surface area contributed by atoms with Crippen LogP contribution in [0.5, 0.6) is 0 Å². The van der Waals surface area contributed by atoms with Gasteiger partial charge in [-0.15, -0.1) is 0 Å². The molecule has 1 aliphatic heterocycles. The lowest BCUT2D eigenvalue weighted by Crippen LogP contribution is -2.48. The van der Waals surface area contributed by atoms with Gasteiger partial charge in [-0.2, -0.15) is 0 Å². The molecule has 2 rings (SSSR count). The average molecular weight is 296 g/mol. The third-order valence-electron chi connectivity index (χ3n) is 3.35. The fraction of sp³-hybridized carbons (Fsp3) is 0.571. The molecular weight excluding hydrogens is 276 g/mol. The molecule has 1 fully saturated rings. The van der Waals surface area contributed by atoms with Gasteiger partial charge in [-0.1, -0.05) is 0 Å². The van der Waals surface area contributed by atoms with E-state index in [0.717, 1.165) is 5.88 Å². The second-order valence-corrected chi connectivity index (χ2v) is 4.81. The first-order chi connectivity index (χ1) is 10.1. The van der Waals surface area contributed by atoms with Crippen molar-refractivity contribution in [1.82, 2.24) is 4.90 Å². The fourth-order valence-corrected chi connectivity index (χ4v) is 2.23. The molecule has 0 aromatic carbocycles. The Morgan fingerprint density at radius 3 is 2.62 bits per heavy atom. The maximum atomic E-state index is 11.6. The lowest BCUT2D eigenvalue weighted by atomic mass is 10.2. The van der Waals surface area contributed by atoms with Crippen LogP contribution in [0.15, 0.2) is 16.5 Å². The zero-order valence-electron chi connectivity index (χ0n) is 12.1. The van der Waals surface area contributed by atoms with E-state index in [1.165, 1.54) is 0 Å². The number of anilines is 1. The highest BCUT2D eigenvalue weighted by Crippen LogP contribution is 2.21. The number of furan rings is 1. The zero-order chi connectivity index (χ0) is 15.2. The summed E-state index contributed by atoms with van der Waals surface area (Å²) in [5, 5.41) is 8.65. The van der Waals surface area contributed by atoms with Crippen molar-refractivity contribution in [2.45, 2.75) is 19.8 Å². The van der Waals surface area contributed by atoms with Gasteiger partial charge in [0.15, 0.2) is 5.88 Å². The normalized spacial score (nSPS) is 15.1. The highest BCUT2D eigenvalue weighted by atomic mass is 16.6. The smallest absolute Gasteiger partial charge is 0.409 e. The number of carboxylic acids is 1. The van der Waals surface area contributed by atoms with E-state index in [-0.39, 0.29) is 12.5 Å². The number of rotatable bonds is 5. The Bertz CT molecular complexity index is 491. The number of aliphatic carboxylic acids is 1. The summed E-state index contributed by atoms with van der Waals surface area (Å²) < 4.78 is 10.6. The van der Waals surface area contributed by atoms with Gasteiger partial charge in [0.05, 0.1) is 13.0 Å². The van der Waals surface area contributed by atoms with E-state index < -0.39 is 5.97 Å². The maximum absolute atomic E-state index is 11.6. The van der Waals surface area contributed by atoms with Gasteiger partial charge in [-0.25, -0.2) is 4.79 Å². The fourth-order valence-electron chi connectivity index (χ4n) is 2.23. The molecule has 2 heterocycles. The Kier molecular flexibility index (Phi) is 5.08. The van der Waals surface area contributed by atoms with Gasteiger partial charge in [-0.3, -0.25) is 4.79 Å². The standard InChI is InChI=1S/C14H20N2O5/c1-2-20-14(19)16-9-7-15(8-10-16)12-5-3-11(21-12)4-6-13(17)18/h3,5H,2,4,6-10H2,1H3,(H,17,18). The van der Waals surface area contributed by atoms with Gasteiger partial charge in [0.2, 0.25) is 0 Å². The summed E-state index contributed by atoms with van der Waals surface area (Å²) in [6.45, 7) is 4.68. The van der Waals surface area contributed by atoms with E-state index in [9.17, 15) is 9.59 Å². The number of hydrogen-bond acceptors (Lipinski definition) is 5. The van der Waals surface area contributed by atoms with Crippen LogP contribution in [0.2, 0.25) is 0 Å². The van der Waals surface area contributed by atoms with Crippen LogP contribution in [0, 0.1) is 0 Å². The summed E-state index contributed by atoms with van der Waals surface area (Å²) in [6, 6.07) is 3.65. The van der Waals surface area contributed by atoms with Gasteiger partial charge in [0.25, 0.3) is 0 Å². The molecule has 1 aliphatic rings. The molecule has 21 heavy (non-hydrogen) atoms. The summed E-state index contributed by atoms with van der Waals surface area (Å²) in [4.78, 5) is 25.9. The van der Waals surface area contributed by atoms with Crippen LogP contribution in [0.1, 0.15) is 19.1 Å². The first-order valence-electron chi connectivity index (χ1n) is 7.07. The van der Waals surface area contributed by atoms with Crippen molar-refractivity contribution >= 4 is 17.9 Å². The lowest BCUT2D eigenvalue weighted by molar-refractivity contribution is -0.137. The molecule has 7 nitrogen and oxygen atoms in total. The van der Waals surface area contributed by atoms with Crippen molar-refractivity contribution in [2.24, 2.45) is 0 Å². The molecule has 0 radical (unpaired) electrons. The molecule has 7 heteroatoms. The Hall–Kier alpha value is -2.18. The monoisotopic (exact) mass is 296 g/mol. The summed E-state index contributed by atoms with van der Waals surface area (Å²) in [6.07, 6.45) is 0.167. The molecule has 1 amide bonds. The minimum atomic E-state index is -0.837. The Morgan fingerprint density at radius 1 is 1.29 bits per heavy atom. The van der Waals surface area contributed by atoms with Crippen molar-refractivity contribution < 1.29 is 23.8 Å². The molecule has 1 aromatic rings. The lowest BCUT2D eigenvalue weighted by Gasteiger charge is -2.33. The number of carbonyl (C=O) groups excluding carboxylic acids is 1. The van der Waals surface area contributed by atoms with Crippen LogP contribution in [-0.2, 0) is 16.0 Å². The van der Waals surface area contributed by atoms with Crippen LogP contribution in [0.3, 0.4) is 0 Å². The molecule has 0 aliphatic carbocycles. The highest BCUT2D eigenvalue weighted by molar-refractivity contribution is 5.68. The number of aryl methyl sites for hydroxylation is 1. The number of hydrogen-bond donors (Lipinski definition) is 1. The SMILES string of the molecule is CCOC(=O)N1CCN(c2ccc(CCC(=O)O)o2)CC1. The average Bonchev–Trinajstić information content (AvgIpc) is 2.94. The number of piperazine rings is 1. The molecule has 0 unspecified atom stereocenters. The highest BCUT2D eigenvalue weighted by Gasteiger charge is 2.23. The van der Waals surface area contributed by atoms with E-state index >= 15 is 0 Å². The first kappa shape index (κ1) is 15.2. The summed E-state index contributed by atoms with van der Waals surface area (Å²) in [5.74, 6) is 0.551. The number of amides is 1. The van der Waals surface area contributed by atoms with Crippen molar-refractivity contribution in [3.63, 3.8) is 0 Å². The van der Waals surface area contributed by atoms with Gasteiger partial charge in [-0.05, 0) is 13.0 Å². The van der Waals surface area contributed by atoms with Crippen LogP contribution in [-0.4, -0.2) is 54.9 Å². The molecule has 0 spiro atoms. The molecule has 0 atom stereocenters. The minimum Gasteiger partial charge on any atom is -0.481 e. The van der Waals surface area contributed by atoms with Gasteiger partial charge in [0.1, 0.15) is 5.76 Å². The third kappa shape index (κ3) is 4.14. The van der Waals surface area contributed by atoms with Crippen molar-refractivity contribution in [3.05, 3.63) is 17.9 Å². The molecule has 0 bridgehead atoms. The summed E-state index contributed by atoms with van der Waals surface area (Å²) >= 11 is 0. The van der Waals surface area contributed by atoms with E-state index in [1.54, 1.807) is 17.9 Å². The Morgan fingerprint density at radius 2 is 2.00 bits per heavy atom. The van der Waals surface area contributed by atoms with Crippen molar-refractivity contribution in [1.29, 1.82) is 0 Å². The maximum Gasteiger partial charge on any atom is 0.409 e. The van der Waals surface area contributed by atoms with Gasteiger partial charge >= 0.3 is 12.1 Å². The summed E-state index contributed by atoms with van der Waals surface area (Å²) in [5.41, 5.74) is 0. The van der Waals surface area contributed by atoms with Crippen molar-refractivity contribution in [2.75, 3.05) is 37.7 Å². The zero-order valence-corrected chi connectivity index (χ0v) is 12.1. The summed E-state index contributed by atoms with van der Waals surface area (Å²) in [7, 11) is 0. The van der Waals surface area contributed by atoms with E-state index in [2.05, 4.69) is 0 Å². The molecular formula is C14H20N2O5. The van der Waals surface area contributed by atoms with Gasteiger partial charge < -0.3 is 24.1 Å². The van der Waals surface area contributed by atoms with Crippen LogP contribution in [0.25, 0.3) is 0 Å². The molecule has 1 aromatic heterocycles. The largest absolute Gasteiger partial charge is 0.481 e. The van der Waals surface area contributed by atoms with Crippen molar-refractivity contribution in [3.8, 4) is 0 Å². The van der Waals surface area contributed by atoms with E-state index in [0.29, 0.717) is 45.0 Å². The molecule has 116 valence electrons. The minimum absolute atomic E-state index is 0.0591. The topological polar surface area (TPSA) is 83.2 Å². The van der Waals surface area contributed by atoms with Crippen LogP contribution in [0.4, 0.5) is 10.7 Å². The number of ether oxygens (including phenoxy) is 1. The Balaban J connectivity index is 1.84.